The molecule has 1 fully saturated rings. The maximum atomic E-state index is 5.61. The number of hydrogen-bond acceptors (Lipinski definition) is 7. The lowest BCUT2D eigenvalue weighted by atomic mass is 10.3. The van der Waals surface area contributed by atoms with Gasteiger partial charge >= 0.3 is 0 Å². The van der Waals surface area contributed by atoms with Gasteiger partial charge < -0.3 is 15.5 Å². The third-order valence-corrected chi connectivity index (χ3v) is 3.50. The predicted molar refractivity (Wildman–Crippen MR) is 84.4 cm³/mol. The first-order valence-electron chi connectivity index (χ1n) is 6.64. The topological polar surface area (TPSA) is 84.1 Å². The van der Waals surface area contributed by atoms with Crippen molar-refractivity contribution in [3.05, 3.63) is 36.4 Å². The smallest absolute Gasteiger partial charge is 0.226 e. The van der Waals surface area contributed by atoms with Crippen LogP contribution in [0.5, 0.6) is 0 Å². The van der Waals surface area contributed by atoms with E-state index in [2.05, 4.69) is 29.7 Å². The van der Waals surface area contributed by atoms with Gasteiger partial charge in [0, 0.05) is 44.8 Å². The molecule has 0 bridgehead atoms. The van der Waals surface area contributed by atoms with Crippen LogP contribution in [-0.4, -0.2) is 51.1 Å². The molecule has 1 saturated heterocycles. The van der Waals surface area contributed by atoms with E-state index in [9.17, 15) is 0 Å². The zero-order chi connectivity index (χ0) is 14.7. The number of hydrogen-bond donors (Lipinski definition) is 1. The fourth-order valence-corrected chi connectivity index (χ4v) is 2.31. The van der Waals surface area contributed by atoms with E-state index in [1.54, 1.807) is 24.7 Å². The Hall–Kier alpha value is -2.35. The summed E-state index contributed by atoms with van der Waals surface area (Å²) < 4.78 is 0. The lowest BCUT2D eigenvalue weighted by Gasteiger charge is -2.34. The first kappa shape index (κ1) is 13.6. The molecule has 0 atom stereocenters. The maximum Gasteiger partial charge on any atom is 0.226 e. The second kappa shape index (κ2) is 5.96. The number of rotatable bonds is 3. The molecule has 3 rings (SSSR count). The average molecular weight is 301 g/mol. The van der Waals surface area contributed by atoms with Crippen molar-refractivity contribution in [2.45, 2.75) is 0 Å². The van der Waals surface area contributed by atoms with Gasteiger partial charge in [-0.1, -0.05) is 12.2 Å². The fraction of sp³-hybridized carbons (Fsp3) is 0.308. The van der Waals surface area contributed by atoms with E-state index in [0.29, 0.717) is 11.6 Å². The molecule has 8 heteroatoms. The largest absolute Gasteiger partial charge is 0.388 e. The predicted octanol–water partition coefficient (Wildman–Crippen LogP) is 0.227. The molecule has 0 aliphatic carbocycles. The summed E-state index contributed by atoms with van der Waals surface area (Å²) in [6.07, 6.45) is 5.19. The van der Waals surface area contributed by atoms with Crippen molar-refractivity contribution in [3.63, 3.8) is 0 Å². The summed E-state index contributed by atoms with van der Waals surface area (Å²) in [6, 6.07) is 3.54. The number of aromatic nitrogens is 4. The highest BCUT2D eigenvalue weighted by Gasteiger charge is 2.20. The molecule has 0 amide bonds. The van der Waals surface area contributed by atoms with Gasteiger partial charge in [0.2, 0.25) is 11.9 Å². The van der Waals surface area contributed by atoms with Gasteiger partial charge in [0.1, 0.15) is 10.7 Å². The van der Waals surface area contributed by atoms with Crippen LogP contribution < -0.4 is 15.5 Å². The Morgan fingerprint density at radius 3 is 2.14 bits per heavy atom. The molecule has 3 heterocycles. The van der Waals surface area contributed by atoms with Gasteiger partial charge in [-0.05, 0) is 12.1 Å². The Morgan fingerprint density at radius 1 is 0.952 bits per heavy atom. The minimum absolute atomic E-state index is 0.287. The minimum Gasteiger partial charge on any atom is -0.388 e. The highest BCUT2D eigenvalue weighted by atomic mass is 32.1. The van der Waals surface area contributed by atoms with Gasteiger partial charge in [0.25, 0.3) is 0 Å². The number of piperazine rings is 1. The molecule has 0 spiro atoms. The Kier molecular flexibility index (Phi) is 3.87. The third kappa shape index (κ3) is 3.05. The molecule has 0 aromatic carbocycles. The van der Waals surface area contributed by atoms with Crippen molar-refractivity contribution in [1.29, 1.82) is 0 Å². The second-order valence-corrected chi connectivity index (χ2v) is 5.07. The SMILES string of the molecule is NC(=S)c1ccnc(N2CCN(c3ncccn3)CC2)n1. The lowest BCUT2D eigenvalue weighted by Crippen LogP contribution is -2.47. The van der Waals surface area contributed by atoms with Crippen LogP contribution >= 0.6 is 12.2 Å². The summed E-state index contributed by atoms with van der Waals surface area (Å²) in [5, 5.41) is 0. The third-order valence-electron chi connectivity index (χ3n) is 3.29. The Morgan fingerprint density at radius 2 is 1.52 bits per heavy atom. The summed E-state index contributed by atoms with van der Waals surface area (Å²) in [5.41, 5.74) is 6.21. The average Bonchev–Trinajstić information content (AvgIpc) is 2.56. The molecule has 1 aliphatic rings. The summed E-state index contributed by atoms with van der Waals surface area (Å²) in [6.45, 7) is 3.26. The van der Waals surface area contributed by atoms with Crippen LogP contribution in [0.25, 0.3) is 0 Å². The van der Waals surface area contributed by atoms with Crippen molar-refractivity contribution >= 4 is 29.1 Å². The van der Waals surface area contributed by atoms with Crippen LogP contribution in [0.15, 0.2) is 30.7 Å². The van der Waals surface area contributed by atoms with Crippen molar-refractivity contribution in [2.75, 3.05) is 36.0 Å². The molecule has 0 radical (unpaired) electrons. The summed E-state index contributed by atoms with van der Waals surface area (Å²) in [5.74, 6) is 1.42. The molecule has 7 nitrogen and oxygen atoms in total. The molecule has 2 aromatic rings. The molecule has 2 N–H and O–H groups in total. The number of nitrogens with two attached hydrogens (primary N) is 1. The maximum absolute atomic E-state index is 5.61. The normalized spacial score (nSPS) is 15.0. The summed E-state index contributed by atoms with van der Waals surface area (Å²) in [4.78, 5) is 21.8. The minimum atomic E-state index is 0.287. The van der Waals surface area contributed by atoms with Crippen molar-refractivity contribution in [3.8, 4) is 0 Å². The van der Waals surface area contributed by atoms with E-state index >= 15 is 0 Å². The van der Waals surface area contributed by atoms with Crippen LogP contribution in [0.4, 0.5) is 11.9 Å². The van der Waals surface area contributed by atoms with Gasteiger partial charge in [0.05, 0.1) is 0 Å². The van der Waals surface area contributed by atoms with Crippen LogP contribution in [0.3, 0.4) is 0 Å². The van der Waals surface area contributed by atoms with E-state index in [0.717, 1.165) is 32.1 Å². The monoisotopic (exact) mass is 301 g/mol. The molecular weight excluding hydrogens is 286 g/mol. The van der Waals surface area contributed by atoms with Crippen molar-refractivity contribution < 1.29 is 0 Å². The zero-order valence-electron chi connectivity index (χ0n) is 11.4. The standard InChI is InChI=1S/C13H15N7S/c14-11(21)10-2-5-17-13(18-10)20-8-6-19(7-9-20)12-15-3-1-4-16-12/h1-5H,6-9H2,(H2,14,21). The highest BCUT2D eigenvalue weighted by molar-refractivity contribution is 7.80. The second-order valence-electron chi connectivity index (χ2n) is 4.63. The molecule has 21 heavy (non-hydrogen) atoms. The van der Waals surface area contributed by atoms with E-state index in [4.69, 9.17) is 18.0 Å². The Bertz CT molecular complexity index is 625. The Balaban J connectivity index is 1.68. The van der Waals surface area contributed by atoms with E-state index in [1.165, 1.54) is 0 Å². The number of thiocarbonyl (C=S) groups is 1. The molecule has 108 valence electrons. The van der Waals surface area contributed by atoms with Gasteiger partial charge in [-0.2, -0.15) is 0 Å². The van der Waals surface area contributed by atoms with Gasteiger partial charge in [-0.15, -0.1) is 0 Å². The Labute approximate surface area is 127 Å². The highest BCUT2D eigenvalue weighted by Crippen LogP contribution is 2.14. The van der Waals surface area contributed by atoms with Gasteiger partial charge in [-0.3, -0.25) is 0 Å². The van der Waals surface area contributed by atoms with E-state index in [-0.39, 0.29) is 4.99 Å². The van der Waals surface area contributed by atoms with Crippen LogP contribution in [0.2, 0.25) is 0 Å². The quantitative estimate of drug-likeness (QED) is 0.807. The summed E-state index contributed by atoms with van der Waals surface area (Å²) in [7, 11) is 0. The zero-order valence-corrected chi connectivity index (χ0v) is 12.2. The lowest BCUT2D eigenvalue weighted by molar-refractivity contribution is 0.627. The van der Waals surface area contributed by atoms with E-state index in [1.807, 2.05) is 6.07 Å². The molecule has 0 unspecified atom stereocenters. The number of anilines is 2. The summed E-state index contributed by atoms with van der Waals surface area (Å²) >= 11 is 4.95. The molecule has 2 aromatic heterocycles. The fourth-order valence-electron chi connectivity index (χ4n) is 2.20. The number of nitrogens with zero attached hydrogens (tertiary/aromatic N) is 6. The molecular formula is C13H15N7S. The first-order chi connectivity index (χ1) is 10.2. The molecule has 0 saturated carbocycles. The van der Waals surface area contributed by atoms with Gasteiger partial charge in [-0.25, -0.2) is 19.9 Å². The van der Waals surface area contributed by atoms with Crippen molar-refractivity contribution in [1.82, 2.24) is 19.9 Å². The van der Waals surface area contributed by atoms with Gasteiger partial charge in [0.15, 0.2) is 0 Å². The van der Waals surface area contributed by atoms with Crippen molar-refractivity contribution in [2.24, 2.45) is 5.73 Å². The van der Waals surface area contributed by atoms with E-state index < -0.39 is 0 Å². The molecule has 1 aliphatic heterocycles. The van der Waals surface area contributed by atoms with Crippen LogP contribution in [0, 0.1) is 0 Å². The van der Waals surface area contributed by atoms with Crippen LogP contribution in [0.1, 0.15) is 5.69 Å². The van der Waals surface area contributed by atoms with Crippen LogP contribution in [-0.2, 0) is 0 Å². The first-order valence-corrected chi connectivity index (χ1v) is 7.04.